The van der Waals surface area contributed by atoms with Gasteiger partial charge in [0, 0.05) is 0 Å². The number of hydrogen-bond acceptors (Lipinski definition) is 6. The molecule has 0 heterocycles. The van der Waals surface area contributed by atoms with Crippen molar-refractivity contribution < 1.29 is 72.6 Å². The van der Waals surface area contributed by atoms with Crippen molar-refractivity contribution in [3.05, 3.63) is 0 Å². The maximum absolute atomic E-state index is 8.66. The van der Waals surface area contributed by atoms with Crippen molar-refractivity contribution in [2.75, 3.05) is 0 Å². The quantitative estimate of drug-likeness (QED) is 0.334. The van der Waals surface area contributed by atoms with Crippen LogP contribution in [0.15, 0.2) is 0 Å². The molecule has 0 aliphatic rings. The molecule has 0 spiro atoms. The second kappa shape index (κ2) is 8.84. The van der Waals surface area contributed by atoms with Crippen LogP contribution >= 0.6 is 15.6 Å². The van der Waals surface area contributed by atoms with E-state index in [1.807, 2.05) is 0 Å². The van der Waals surface area contributed by atoms with Crippen LogP contribution in [0.1, 0.15) is 0 Å². The van der Waals surface area contributed by atoms with E-state index in [4.69, 9.17) is 38.5 Å². The van der Waals surface area contributed by atoms with Crippen molar-refractivity contribution >= 4 is 15.6 Å². The molecule has 0 amide bonds. The predicted molar refractivity (Wildman–Crippen MR) is 19.7 cm³/mol. The van der Waals surface area contributed by atoms with Gasteiger partial charge in [-0.25, -0.2) is 0 Å². The van der Waals surface area contributed by atoms with Crippen LogP contribution in [0.4, 0.5) is 0 Å². The Morgan fingerprint density at radius 3 is 0.833 bits per heavy atom. The zero-order chi connectivity index (χ0) is 9.00. The molecule has 0 aliphatic carbocycles. The van der Waals surface area contributed by atoms with Gasteiger partial charge < -0.3 is 38.5 Å². The van der Waals surface area contributed by atoms with E-state index in [1.165, 1.54) is 0 Å². The first-order valence-electron chi connectivity index (χ1n) is 1.50. The maximum Gasteiger partial charge on any atom is 2.00 e. The number of phosphoric acid groups is 2. The second-order valence-corrected chi connectivity index (χ2v) is 2.81. The molecule has 0 aromatic carbocycles. The summed E-state index contributed by atoms with van der Waals surface area (Å²) in [7, 11) is -10.3. The normalized spacial score (nSPS) is 9.83. The van der Waals surface area contributed by atoms with E-state index >= 15 is 0 Å². The molecule has 0 fully saturated rings. The summed E-state index contributed by atoms with van der Waals surface area (Å²) in [4.78, 5) is 48.6. The van der Waals surface area contributed by atoms with Crippen molar-refractivity contribution in [1.29, 1.82) is 0 Å². The fraction of sp³-hybridized carbons (Fsp3) is 0. The molecule has 0 aliphatic heterocycles. The Bertz CT molecular complexity index is 129. The topological polar surface area (TPSA) is 167 Å². The van der Waals surface area contributed by atoms with Gasteiger partial charge >= 0.3 is 34.1 Å². The van der Waals surface area contributed by atoms with E-state index < -0.39 is 15.6 Å². The Labute approximate surface area is 88.4 Å². The molecule has 0 rings (SSSR count). The zero-order valence-corrected chi connectivity index (χ0v) is 9.04. The van der Waals surface area contributed by atoms with Gasteiger partial charge in [-0.2, -0.15) is 0 Å². The summed E-state index contributed by atoms with van der Waals surface area (Å²) in [5, 5.41) is 0. The molecular weight excluding hydrogens is 301 g/mol. The fourth-order valence-electron chi connectivity index (χ4n) is 0. The van der Waals surface area contributed by atoms with Gasteiger partial charge in [-0.05, 0) is 0 Å². The van der Waals surface area contributed by atoms with Crippen LogP contribution in [0.2, 0.25) is 0 Å². The van der Waals surface area contributed by atoms with E-state index in [9.17, 15) is 0 Å². The molecule has 75 valence electrons. The van der Waals surface area contributed by atoms with Crippen LogP contribution in [-0.4, -0.2) is 9.79 Å². The third kappa shape index (κ3) is 748. The third-order valence-corrected chi connectivity index (χ3v) is 0. The first-order chi connectivity index (χ1) is 4.00. The second-order valence-electron chi connectivity index (χ2n) is 0.937. The molecule has 0 bridgehead atoms. The van der Waals surface area contributed by atoms with Gasteiger partial charge in [-0.1, -0.05) is 0 Å². The summed E-state index contributed by atoms with van der Waals surface area (Å²) >= 11 is 0. The number of rotatable bonds is 0. The molecule has 0 unspecified atom stereocenters. The predicted octanol–water partition coefficient (Wildman–Crippen LogP) is -4.39. The molecule has 0 saturated heterocycles. The summed E-state index contributed by atoms with van der Waals surface area (Å²) in [6.45, 7) is 0. The van der Waals surface area contributed by atoms with Gasteiger partial charge in [0.05, 0.1) is 15.6 Å². The molecule has 0 saturated carbocycles. The van der Waals surface area contributed by atoms with Crippen molar-refractivity contribution in [2.45, 2.75) is 0 Å². The minimum Gasteiger partial charge on any atom is -0.790 e. The minimum absolute atomic E-state index is 0. The summed E-state index contributed by atoms with van der Waals surface area (Å²) in [5.41, 5.74) is 0. The number of hydrogen-bond donors (Lipinski definition) is 2. The standard InChI is InChI=1S/Fe.Mn.2H3O4P/c;;2*1-5(2,3)4/h;;2*(H3,1,2,3,4)/q2*+2;;/p-4. The molecule has 2 N–H and O–H groups in total. The van der Waals surface area contributed by atoms with Gasteiger partial charge in [0.2, 0.25) is 0 Å². The average molecular weight is 303 g/mol. The SMILES string of the molecule is O=P([O-])([O-])O.O=P([O-])([O-])O.[Fe+2].[Mn+2]. The van der Waals surface area contributed by atoms with Gasteiger partial charge in [0.15, 0.2) is 0 Å². The Morgan fingerprint density at radius 2 is 0.833 bits per heavy atom. The van der Waals surface area contributed by atoms with Crippen LogP contribution in [0.25, 0.3) is 0 Å². The molecule has 0 atom stereocenters. The van der Waals surface area contributed by atoms with Crippen molar-refractivity contribution in [3.8, 4) is 0 Å². The van der Waals surface area contributed by atoms with Crippen molar-refractivity contribution in [2.24, 2.45) is 0 Å². The molecular formula is H2FeMnO8P2. The summed E-state index contributed by atoms with van der Waals surface area (Å²) < 4.78 is 17.3. The monoisotopic (exact) mass is 303 g/mol. The first kappa shape index (κ1) is 23.2. The van der Waals surface area contributed by atoms with Crippen LogP contribution in [0, 0.1) is 0 Å². The van der Waals surface area contributed by atoms with Crippen molar-refractivity contribution in [1.82, 2.24) is 0 Å². The largest absolute Gasteiger partial charge is 2.00 e. The zero-order valence-electron chi connectivity index (χ0n) is 4.97. The molecule has 1 radical (unpaired) electrons. The van der Waals surface area contributed by atoms with Crippen LogP contribution in [0.3, 0.4) is 0 Å². The average Bonchev–Trinajstić information content (AvgIpc) is 1.12. The van der Waals surface area contributed by atoms with Gasteiger partial charge in [0.1, 0.15) is 0 Å². The Kier molecular flexibility index (Phi) is 17.1. The molecule has 0 aromatic heterocycles. The Morgan fingerprint density at radius 1 is 0.833 bits per heavy atom. The van der Waals surface area contributed by atoms with E-state index in [-0.39, 0.29) is 34.1 Å². The Hall–Kier alpha value is 1.26. The Balaban J connectivity index is -0.0000000457. The van der Waals surface area contributed by atoms with E-state index in [2.05, 4.69) is 0 Å². The van der Waals surface area contributed by atoms with Crippen LogP contribution in [0.5, 0.6) is 0 Å². The van der Waals surface area contributed by atoms with E-state index in [0.29, 0.717) is 0 Å². The molecule has 12 heavy (non-hydrogen) atoms. The van der Waals surface area contributed by atoms with E-state index in [0.717, 1.165) is 0 Å². The molecule has 12 heteroatoms. The smallest absolute Gasteiger partial charge is 0.790 e. The molecule has 0 aromatic rings. The first-order valence-corrected chi connectivity index (χ1v) is 4.49. The van der Waals surface area contributed by atoms with Gasteiger partial charge in [-0.15, -0.1) is 0 Å². The fourth-order valence-corrected chi connectivity index (χ4v) is 0. The van der Waals surface area contributed by atoms with Crippen molar-refractivity contribution in [3.63, 3.8) is 0 Å². The molecule has 8 nitrogen and oxygen atoms in total. The van der Waals surface area contributed by atoms with Crippen LogP contribution < -0.4 is 19.6 Å². The summed E-state index contributed by atoms with van der Waals surface area (Å²) in [6, 6.07) is 0. The third-order valence-electron chi connectivity index (χ3n) is 0. The summed E-state index contributed by atoms with van der Waals surface area (Å²) in [5.74, 6) is 0. The summed E-state index contributed by atoms with van der Waals surface area (Å²) in [6.07, 6.45) is 0. The van der Waals surface area contributed by atoms with E-state index in [1.54, 1.807) is 0 Å². The minimum atomic E-state index is -5.14. The van der Waals surface area contributed by atoms with Gasteiger partial charge in [-0.3, -0.25) is 0 Å². The van der Waals surface area contributed by atoms with Gasteiger partial charge in [0.25, 0.3) is 0 Å². The maximum atomic E-state index is 8.66. The van der Waals surface area contributed by atoms with Crippen LogP contribution in [-0.2, 0) is 43.3 Å².